The van der Waals surface area contributed by atoms with Crippen molar-refractivity contribution in [2.75, 3.05) is 6.61 Å². The number of carbonyl (C=O) groups is 1. The Morgan fingerprint density at radius 1 is 1.29 bits per heavy atom. The molecule has 0 saturated heterocycles. The van der Waals surface area contributed by atoms with Crippen molar-refractivity contribution >= 4 is 5.97 Å². The third-order valence-electron chi connectivity index (χ3n) is 1.98. The summed E-state index contributed by atoms with van der Waals surface area (Å²) in [7, 11) is 0. The highest BCUT2D eigenvalue weighted by atomic mass is 19.1. The minimum atomic E-state index is -1.32. The Morgan fingerprint density at radius 3 is 2.24 bits per heavy atom. The number of halogens is 1. The van der Waals surface area contributed by atoms with Crippen molar-refractivity contribution in [2.24, 2.45) is 0 Å². The second-order valence-corrected chi connectivity index (χ2v) is 3.72. The zero-order valence-electron chi connectivity index (χ0n) is 10.3. The molecule has 0 amide bonds. The molecule has 0 aromatic heterocycles. The molecule has 3 nitrogen and oxygen atoms in total. The van der Waals surface area contributed by atoms with Gasteiger partial charge in [0, 0.05) is 18.6 Å². The van der Waals surface area contributed by atoms with Crippen molar-refractivity contribution in [1.29, 1.82) is 0 Å². The molecular weight excluding hydrogens is 223 g/mol. The summed E-state index contributed by atoms with van der Waals surface area (Å²) in [5, 5.41) is 17.5. The highest BCUT2D eigenvalue weighted by Gasteiger charge is 2.16. The molecule has 0 bridgehead atoms. The van der Waals surface area contributed by atoms with Gasteiger partial charge in [-0.15, -0.1) is 0 Å². The number of unbranched alkanes of at least 4 members (excludes halogenated alkanes) is 1. The molecule has 0 unspecified atom stereocenters. The largest absolute Gasteiger partial charge is 0.478 e. The van der Waals surface area contributed by atoms with Crippen LogP contribution in [0.2, 0.25) is 0 Å². The van der Waals surface area contributed by atoms with Crippen LogP contribution in [0.3, 0.4) is 0 Å². The molecule has 17 heavy (non-hydrogen) atoms. The number of aliphatic carboxylic acids is 1. The van der Waals surface area contributed by atoms with Crippen LogP contribution < -0.4 is 0 Å². The van der Waals surface area contributed by atoms with Gasteiger partial charge in [0.25, 0.3) is 0 Å². The normalized spacial score (nSPS) is 11.1. The van der Waals surface area contributed by atoms with Gasteiger partial charge in [0.05, 0.1) is 0 Å². The Labute approximate surface area is 101 Å². The summed E-state index contributed by atoms with van der Waals surface area (Å²) in [6, 6.07) is 0. The molecule has 0 aliphatic carbocycles. The Bertz CT molecular complexity index is 400. The van der Waals surface area contributed by atoms with Gasteiger partial charge in [-0.3, -0.25) is 0 Å². The van der Waals surface area contributed by atoms with Crippen molar-refractivity contribution < 1.29 is 19.4 Å². The summed E-state index contributed by atoms with van der Waals surface area (Å²) in [5.41, 5.74) is 0.466. The molecule has 0 rings (SSSR count). The van der Waals surface area contributed by atoms with E-state index in [4.69, 9.17) is 10.2 Å². The van der Waals surface area contributed by atoms with E-state index in [1.165, 1.54) is 0 Å². The fourth-order valence-corrected chi connectivity index (χ4v) is 1.18. The van der Waals surface area contributed by atoms with Crippen LogP contribution in [-0.4, -0.2) is 22.8 Å². The fourth-order valence-electron chi connectivity index (χ4n) is 1.18. The van der Waals surface area contributed by atoms with Crippen molar-refractivity contribution in [1.82, 2.24) is 0 Å². The first-order valence-electron chi connectivity index (χ1n) is 5.29. The molecule has 0 aliphatic heterocycles. The van der Waals surface area contributed by atoms with E-state index in [1.54, 1.807) is 13.8 Å². The number of carboxylic acid groups (broad SMARTS) is 1. The minimum Gasteiger partial charge on any atom is -0.478 e. The van der Waals surface area contributed by atoms with Gasteiger partial charge in [-0.1, -0.05) is 17.4 Å². The standard InChI is InChI=1S/C13H17FO3/c1-9(2)11(7-5-4-6-8-15)12(10(3)14)13(16)17/h15H,4,6,8H2,1-3H3,(H,16,17)/b12-10-. The molecule has 2 N–H and O–H groups in total. The first-order chi connectivity index (χ1) is 7.91. The van der Waals surface area contributed by atoms with E-state index in [1.807, 2.05) is 0 Å². The van der Waals surface area contributed by atoms with Crippen LogP contribution in [0.5, 0.6) is 0 Å². The number of aliphatic hydroxyl groups is 1. The highest BCUT2D eigenvalue weighted by molar-refractivity contribution is 5.94. The van der Waals surface area contributed by atoms with Crippen LogP contribution in [0.4, 0.5) is 4.39 Å². The lowest BCUT2D eigenvalue weighted by Crippen LogP contribution is -2.05. The van der Waals surface area contributed by atoms with Crippen LogP contribution in [0, 0.1) is 11.8 Å². The van der Waals surface area contributed by atoms with Crippen molar-refractivity contribution in [3.8, 4) is 11.8 Å². The summed E-state index contributed by atoms with van der Waals surface area (Å²) in [5.74, 6) is 3.30. The van der Waals surface area contributed by atoms with E-state index in [-0.39, 0.29) is 17.8 Å². The van der Waals surface area contributed by atoms with Crippen LogP contribution in [0.1, 0.15) is 33.6 Å². The average Bonchev–Trinajstić information content (AvgIpc) is 2.20. The summed E-state index contributed by atoms with van der Waals surface area (Å²) in [6.45, 7) is 4.49. The first kappa shape index (κ1) is 15.4. The molecule has 0 spiro atoms. The van der Waals surface area contributed by atoms with Crippen LogP contribution >= 0.6 is 0 Å². The molecule has 0 aromatic rings. The Hall–Kier alpha value is -1.60. The van der Waals surface area contributed by atoms with E-state index < -0.39 is 11.8 Å². The van der Waals surface area contributed by atoms with Gasteiger partial charge in [0.15, 0.2) is 0 Å². The Balaban J connectivity index is 5.26. The Morgan fingerprint density at radius 2 is 1.88 bits per heavy atom. The second-order valence-electron chi connectivity index (χ2n) is 3.72. The maximum Gasteiger partial charge on any atom is 0.339 e. The number of hydrogen-bond acceptors (Lipinski definition) is 2. The second kappa shape index (κ2) is 7.64. The minimum absolute atomic E-state index is 0.0304. The first-order valence-corrected chi connectivity index (χ1v) is 5.29. The predicted molar refractivity (Wildman–Crippen MR) is 63.9 cm³/mol. The summed E-state index contributed by atoms with van der Waals surface area (Å²) in [6.07, 6.45) is 0.968. The molecule has 0 saturated carbocycles. The fraction of sp³-hybridized carbons (Fsp3) is 0.462. The van der Waals surface area contributed by atoms with E-state index in [0.29, 0.717) is 18.4 Å². The molecule has 0 aromatic carbocycles. The molecular formula is C13H17FO3. The third-order valence-corrected chi connectivity index (χ3v) is 1.98. The van der Waals surface area contributed by atoms with Crippen LogP contribution in [-0.2, 0) is 4.79 Å². The monoisotopic (exact) mass is 240 g/mol. The van der Waals surface area contributed by atoms with E-state index in [9.17, 15) is 9.18 Å². The molecule has 94 valence electrons. The number of carboxylic acids is 1. The van der Waals surface area contributed by atoms with Gasteiger partial charge in [-0.2, -0.15) is 0 Å². The molecule has 0 radical (unpaired) electrons. The third kappa shape index (κ3) is 5.32. The average molecular weight is 240 g/mol. The van der Waals surface area contributed by atoms with E-state index in [2.05, 4.69) is 11.8 Å². The number of hydrogen-bond donors (Lipinski definition) is 2. The van der Waals surface area contributed by atoms with Gasteiger partial charge >= 0.3 is 5.97 Å². The topological polar surface area (TPSA) is 57.5 Å². The lowest BCUT2D eigenvalue weighted by molar-refractivity contribution is -0.132. The van der Waals surface area contributed by atoms with Gasteiger partial charge in [-0.25, -0.2) is 9.18 Å². The van der Waals surface area contributed by atoms with Gasteiger partial charge in [0.2, 0.25) is 0 Å². The molecule has 0 aliphatic rings. The van der Waals surface area contributed by atoms with Crippen molar-refractivity contribution in [3.05, 3.63) is 22.5 Å². The molecule has 0 atom stereocenters. The highest BCUT2D eigenvalue weighted by Crippen LogP contribution is 2.19. The van der Waals surface area contributed by atoms with Crippen molar-refractivity contribution in [2.45, 2.75) is 33.6 Å². The van der Waals surface area contributed by atoms with Gasteiger partial charge in [-0.05, 0) is 27.2 Å². The lowest BCUT2D eigenvalue weighted by atomic mass is 10.0. The van der Waals surface area contributed by atoms with Crippen LogP contribution in [0.25, 0.3) is 0 Å². The molecule has 0 heterocycles. The SMILES string of the molecule is CC(C)=C(C#CCCCO)/C(C(=O)O)=C(\C)F. The quantitative estimate of drug-likeness (QED) is 0.343. The summed E-state index contributed by atoms with van der Waals surface area (Å²) < 4.78 is 13.2. The van der Waals surface area contributed by atoms with Crippen molar-refractivity contribution in [3.63, 3.8) is 0 Å². The maximum absolute atomic E-state index is 13.2. The smallest absolute Gasteiger partial charge is 0.339 e. The molecule has 4 heteroatoms. The lowest BCUT2D eigenvalue weighted by Gasteiger charge is -2.04. The summed E-state index contributed by atoms with van der Waals surface area (Å²) in [4.78, 5) is 10.9. The van der Waals surface area contributed by atoms with Gasteiger partial charge < -0.3 is 10.2 Å². The molecule has 0 fully saturated rings. The van der Waals surface area contributed by atoms with Gasteiger partial charge in [0.1, 0.15) is 11.4 Å². The van der Waals surface area contributed by atoms with E-state index in [0.717, 1.165) is 6.92 Å². The Kier molecular flexibility index (Phi) is 6.92. The zero-order chi connectivity index (χ0) is 13.4. The summed E-state index contributed by atoms with van der Waals surface area (Å²) >= 11 is 0. The zero-order valence-corrected chi connectivity index (χ0v) is 10.3. The maximum atomic E-state index is 13.2. The number of rotatable bonds is 4. The predicted octanol–water partition coefficient (Wildman–Crippen LogP) is 2.43. The van der Waals surface area contributed by atoms with Crippen LogP contribution in [0.15, 0.2) is 22.5 Å². The van der Waals surface area contributed by atoms with E-state index >= 15 is 0 Å². The number of allylic oxidation sites excluding steroid dienone is 2. The number of aliphatic hydroxyl groups excluding tert-OH is 1.